The van der Waals surface area contributed by atoms with Crippen LogP contribution in [0.5, 0.6) is 11.5 Å². The number of hydrogen-bond donors (Lipinski definition) is 0. The number of benzene rings is 3. The van der Waals surface area contributed by atoms with Gasteiger partial charge in [0.05, 0.1) is 7.11 Å². The first-order chi connectivity index (χ1) is 13.6. The summed E-state index contributed by atoms with van der Waals surface area (Å²) in [5.41, 5.74) is 2.17. The van der Waals surface area contributed by atoms with Crippen molar-refractivity contribution >= 4 is 16.7 Å². The van der Waals surface area contributed by atoms with Crippen LogP contribution < -0.4 is 9.47 Å². The highest BCUT2D eigenvalue weighted by Crippen LogP contribution is 2.28. The number of amides is 1. The average Bonchev–Trinajstić information content (AvgIpc) is 2.72. The van der Waals surface area contributed by atoms with Gasteiger partial charge in [-0.25, -0.2) is 0 Å². The number of ether oxygens (including phenoxy) is 2. The first kappa shape index (κ1) is 19.5. The Balaban J connectivity index is 1.61. The molecule has 0 heterocycles. The molecule has 0 spiro atoms. The quantitative estimate of drug-likeness (QED) is 0.540. The van der Waals surface area contributed by atoms with E-state index in [9.17, 15) is 4.79 Å². The number of fused-ring (bicyclic) bond motifs is 1. The average molecular weight is 375 g/mol. The predicted molar refractivity (Wildman–Crippen MR) is 113 cm³/mol. The second-order valence-corrected chi connectivity index (χ2v) is 6.70. The maximum absolute atomic E-state index is 12.5. The van der Waals surface area contributed by atoms with E-state index < -0.39 is 0 Å². The highest BCUT2D eigenvalue weighted by molar-refractivity contribution is 5.83. The molecule has 0 aliphatic rings. The van der Waals surface area contributed by atoms with Crippen molar-refractivity contribution < 1.29 is 14.3 Å². The molecule has 0 aliphatic carbocycles. The van der Waals surface area contributed by atoms with Gasteiger partial charge in [-0.15, -0.1) is 6.58 Å². The van der Waals surface area contributed by atoms with E-state index in [1.165, 1.54) is 10.8 Å². The van der Waals surface area contributed by atoms with Crippen LogP contribution in [0.15, 0.2) is 73.3 Å². The van der Waals surface area contributed by atoms with Gasteiger partial charge in [-0.1, -0.05) is 48.5 Å². The maximum Gasteiger partial charge on any atom is 0.260 e. The van der Waals surface area contributed by atoms with Crippen molar-refractivity contribution in [2.45, 2.75) is 13.0 Å². The van der Waals surface area contributed by atoms with Crippen molar-refractivity contribution in [1.82, 2.24) is 4.90 Å². The Bertz CT molecular complexity index is 981. The molecule has 3 rings (SSSR count). The molecule has 0 radical (unpaired) electrons. The number of carbonyl (C=O) groups is 1. The van der Waals surface area contributed by atoms with Gasteiger partial charge in [0.1, 0.15) is 0 Å². The molecule has 3 aromatic carbocycles. The summed E-state index contributed by atoms with van der Waals surface area (Å²) in [6.07, 6.45) is 2.59. The number of carbonyl (C=O) groups excluding carboxylic acids is 1. The fourth-order valence-electron chi connectivity index (χ4n) is 3.07. The molecule has 3 aromatic rings. The lowest BCUT2D eigenvalue weighted by molar-refractivity contribution is -0.132. The first-order valence-corrected chi connectivity index (χ1v) is 9.23. The van der Waals surface area contributed by atoms with E-state index in [0.717, 1.165) is 17.5 Å². The van der Waals surface area contributed by atoms with Crippen LogP contribution in [-0.4, -0.2) is 31.6 Å². The fraction of sp³-hybridized carbons (Fsp3) is 0.208. The van der Waals surface area contributed by atoms with Gasteiger partial charge in [-0.3, -0.25) is 4.79 Å². The Kier molecular flexibility index (Phi) is 6.33. The summed E-state index contributed by atoms with van der Waals surface area (Å²) in [4.78, 5) is 14.2. The molecular weight excluding hydrogens is 350 g/mol. The van der Waals surface area contributed by atoms with Crippen LogP contribution in [0.4, 0.5) is 0 Å². The molecule has 1 amide bonds. The smallest absolute Gasteiger partial charge is 0.260 e. The van der Waals surface area contributed by atoms with Crippen LogP contribution >= 0.6 is 0 Å². The van der Waals surface area contributed by atoms with Crippen LogP contribution in [0.1, 0.15) is 11.1 Å². The SMILES string of the molecule is C=CCc1ccc(OCC(=O)N(C)Cc2ccc3ccccc3c2)c(OC)c1. The Morgan fingerprint density at radius 2 is 1.75 bits per heavy atom. The minimum atomic E-state index is -0.0922. The summed E-state index contributed by atoms with van der Waals surface area (Å²) in [7, 11) is 3.37. The lowest BCUT2D eigenvalue weighted by Crippen LogP contribution is -2.31. The molecule has 0 saturated carbocycles. The van der Waals surface area contributed by atoms with E-state index in [-0.39, 0.29) is 12.5 Å². The van der Waals surface area contributed by atoms with Gasteiger partial charge in [0.2, 0.25) is 0 Å². The summed E-state index contributed by atoms with van der Waals surface area (Å²) >= 11 is 0. The van der Waals surface area contributed by atoms with Gasteiger partial charge in [-0.2, -0.15) is 0 Å². The number of nitrogens with zero attached hydrogens (tertiary/aromatic N) is 1. The van der Waals surface area contributed by atoms with E-state index in [1.807, 2.05) is 42.5 Å². The molecule has 0 unspecified atom stereocenters. The number of hydrogen-bond acceptors (Lipinski definition) is 3. The van der Waals surface area contributed by atoms with Gasteiger partial charge in [0, 0.05) is 13.6 Å². The zero-order chi connectivity index (χ0) is 19.9. The van der Waals surface area contributed by atoms with E-state index in [2.05, 4.69) is 30.8 Å². The van der Waals surface area contributed by atoms with Crippen molar-refractivity contribution in [3.63, 3.8) is 0 Å². The van der Waals surface area contributed by atoms with Gasteiger partial charge >= 0.3 is 0 Å². The van der Waals surface area contributed by atoms with Gasteiger partial charge in [0.15, 0.2) is 18.1 Å². The molecule has 0 aliphatic heterocycles. The normalized spacial score (nSPS) is 10.5. The molecule has 0 fully saturated rings. The Labute approximate surface area is 166 Å². The summed E-state index contributed by atoms with van der Waals surface area (Å²) in [5.74, 6) is 1.08. The molecule has 0 bridgehead atoms. The summed E-state index contributed by atoms with van der Waals surface area (Å²) in [6, 6.07) is 20.1. The molecule has 4 heteroatoms. The minimum absolute atomic E-state index is 0.0404. The Hall–Kier alpha value is -3.27. The van der Waals surface area contributed by atoms with Crippen LogP contribution in [0.2, 0.25) is 0 Å². The van der Waals surface area contributed by atoms with Gasteiger partial charge in [0.25, 0.3) is 5.91 Å². The number of allylic oxidation sites excluding steroid dienone is 1. The lowest BCUT2D eigenvalue weighted by Gasteiger charge is -2.18. The number of likely N-dealkylation sites (N-methyl/N-ethyl adjacent to an activating group) is 1. The third-order valence-corrected chi connectivity index (χ3v) is 4.62. The topological polar surface area (TPSA) is 38.8 Å². The van der Waals surface area contributed by atoms with Crippen LogP contribution in [0, 0.1) is 0 Å². The monoisotopic (exact) mass is 375 g/mol. The fourth-order valence-corrected chi connectivity index (χ4v) is 3.07. The zero-order valence-corrected chi connectivity index (χ0v) is 16.4. The van der Waals surface area contributed by atoms with Crippen molar-refractivity contribution in [3.8, 4) is 11.5 Å². The number of rotatable bonds is 8. The second-order valence-electron chi connectivity index (χ2n) is 6.70. The minimum Gasteiger partial charge on any atom is -0.493 e. The van der Waals surface area contributed by atoms with Crippen molar-refractivity contribution in [1.29, 1.82) is 0 Å². The molecule has 0 saturated heterocycles. The third kappa shape index (κ3) is 4.71. The second kappa shape index (κ2) is 9.09. The summed E-state index contributed by atoms with van der Waals surface area (Å²) in [5, 5.41) is 2.36. The third-order valence-electron chi connectivity index (χ3n) is 4.62. The standard InChI is InChI=1S/C24H25NO3/c1-4-7-18-11-13-22(23(15-18)27-3)28-17-24(26)25(2)16-19-10-12-20-8-5-6-9-21(20)14-19/h4-6,8-15H,1,7,16-17H2,2-3H3. The van der Waals surface area contributed by atoms with Crippen molar-refractivity contribution in [3.05, 3.63) is 84.4 Å². The van der Waals surface area contributed by atoms with Crippen LogP contribution in [0.3, 0.4) is 0 Å². The predicted octanol–water partition coefficient (Wildman–Crippen LogP) is 4.61. The highest BCUT2D eigenvalue weighted by atomic mass is 16.5. The zero-order valence-electron chi connectivity index (χ0n) is 16.4. The summed E-state index contributed by atoms with van der Waals surface area (Å²) in [6.45, 7) is 4.23. The van der Waals surface area contributed by atoms with Gasteiger partial charge in [-0.05, 0) is 46.5 Å². The summed E-state index contributed by atoms with van der Waals surface area (Å²) < 4.78 is 11.1. The van der Waals surface area contributed by atoms with Gasteiger partial charge < -0.3 is 14.4 Å². The lowest BCUT2D eigenvalue weighted by atomic mass is 10.1. The van der Waals surface area contributed by atoms with E-state index in [1.54, 1.807) is 19.1 Å². The van der Waals surface area contributed by atoms with Crippen molar-refractivity contribution in [2.24, 2.45) is 0 Å². The van der Waals surface area contributed by atoms with E-state index in [0.29, 0.717) is 18.0 Å². The molecule has 0 atom stereocenters. The van der Waals surface area contributed by atoms with Crippen LogP contribution in [-0.2, 0) is 17.8 Å². The molecule has 0 N–H and O–H groups in total. The van der Waals surface area contributed by atoms with E-state index in [4.69, 9.17) is 9.47 Å². The largest absolute Gasteiger partial charge is 0.493 e. The van der Waals surface area contributed by atoms with E-state index >= 15 is 0 Å². The molecule has 4 nitrogen and oxygen atoms in total. The molecular formula is C24H25NO3. The van der Waals surface area contributed by atoms with Crippen LogP contribution in [0.25, 0.3) is 10.8 Å². The maximum atomic E-state index is 12.5. The molecule has 144 valence electrons. The Morgan fingerprint density at radius 3 is 2.50 bits per heavy atom. The number of methoxy groups -OCH3 is 1. The first-order valence-electron chi connectivity index (χ1n) is 9.23. The Morgan fingerprint density at radius 1 is 1.00 bits per heavy atom. The molecule has 28 heavy (non-hydrogen) atoms. The molecule has 0 aromatic heterocycles. The van der Waals surface area contributed by atoms with Crippen molar-refractivity contribution in [2.75, 3.05) is 20.8 Å². The highest BCUT2D eigenvalue weighted by Gasteiger charge is 2.13.